The Hall–Kier alpha value is -1.18. The molecule has 2 aliphatic heterocycles. The minimum atomic E-state index is -4.36. The molecule has 1 aromatic rings. The number of benzene rings is 1. The summed E-state index contributed by atoms with van der Waals surface area (Å²) in [5.41, 5.74) is 1.47. The zero-order chi connectivity index (χ0) is 17.9. The normalized spacial score (nSPS) is 20.0. The number of likely N-dealkylation sites (tertiary alicyclic amines) is 1. The van der Waals surface area contributed by atoms with E-state index in [2.05, 4.69) is 10.2 Å². The molecule has 1 spiro atoms. The maximum absolute atomic E-state index is 12.3. The molecular weight excluding hydrogens is 369 g/mol. The van der Waals surface area contributed by atoms with Gasteiger partial charge in [0, 0.05) is 13.1 Å². The number of halogens is 4. The summed E-state index contributed by atoms with van der Waals surface area (Å²) in [6, 6.07) is 5.16. The molecule has 1 N–H and O–H groups in total. The number of hydrogen-bond donors (Lipinski definition) is 1. The Bertz CT molecular complexity index is 592. The lowest BCUT2D eigenvalue weighted by molar-refractivity contribution is -0.153. The SMILES string of the molecule is COc1cc(CN2CCC3(CCNCC3)C2)ccc1OCC(F)(F)F.Cl. The first kappa shape index (κ1) is 21.1. The van der Waals surface area contributed by atoms with Crippen LogP contribution in [0.2, 0.25) is 0 Å². The smallest absolute Gasteiger partial charge is 0.422 e. The summed E-state index contributed by atoms with van der Waals surface area (Å²) in [5, 5.41) is 3.42. The monoisotopic (exact) mass is 394 g/mol. The molecule has 0 bridgehead atoms. The molecule has 1 aromatic carbocycles. The molecule has 2 saturated heterocycles. The Kier molecular flexibility index (Phi) is 7.05. The summed E-state index contributed by atoms with van der Waals surface area (Å²) in [4.78, 5) is 2.43. The van der Waals surface area contributed by atoms with E-state index in [0.29, 0.717) is 11.2 Å². The van der Waals surface area contributed by atoms with Crippen molar-refractivity contribution in [3.63, 3.8) is 0 Å². The lowest BCUT2D eigenvalue weighted by atomic mass is 9.78. The predicted octanol–water partition coefficient (Wildman–Crippen LogP) is 3.63. The van der Waals surface area contributed by atoms with Crippen LogP contribution in [0, 0.1) is 5.41 Å². The Balaban J connectivity index is 0.00000243. The van der Waals surface area contributed by atoms with Crippen LogP contribution in [0.25, 0.3) is 0 Å². The highest BCUT2D eigenvalue weighted by Gasteiger charge is 2.38. The van der Waals surface area contributed by atoms with Crippen LogP contribution in [0.4, 0.5) is 13.2 Å². The highest BCUT2D eigenvalue weighted by atomic mass is 35.5. The number of methoxy groups -OCH3 is 1. The van der Waals surface area contributed by atoms with Gasteiger partial charge in [0.05, 0.1) is 7.11 Å². The number of rotatable bonds is 5. The van der Waals surface area contributed by atoms with E-state index >= 15 is 0 Å². The third-order valence-corrected chi connectivity index (χ3v) is 5.21. The maximum Gasteiger partial charge on any atom is 0.422 e. The van der Waals surface area contributed by atoms with Gasteiger partial charge in [0.2, 0.25) is 0 Å². The minimum absolute atomic E-state index is 0. The van der Waals surface area contributed by atoms with E-state index in [1.807, 2.05) is 6.07 Å². The van der Waals surface area contributed by atoms with E-state index in [9.17, 15) is 13.2 Å². The minimum Gasteiger partial charge on any atom is -0.493 e. The Morgan fingerprint density at radius 1 is 1.15 bits per heavy atom. The van der Waals surface area contributed by atoms with Crippen molar-refractivity contribution in [1.29, 1.82) is 0 Å². The largest absolute Gasteiger partial charge is 0.493 e. The molecule has 0 atom stereocenters. The molecule has 0 radical (unpaired) electrons. The number of piperidine rings is 1. The summed E-state index contributed by atoms with van der Waals surface area (Å²) in [5.74, 6) is 0.470. The molecule has 2 aliphatic rings. The van der Waals surface area contributed by atoms with Gasteiger partial charge in [-0.15, -0.1) is 12.4 Å². The van der Waals surface area contributed by atoms with Gasteiger partial charge in [-0.05, 0) is 62.0 Å². The topological polar surface area (TPSA) is 33.7 Å². The lowest BCUT2D eigenvalue weighted by Crippen LogP contribution is -2.38. The Morgan fingerprint density at radius 3 is 2.54 bits per heavy atom. The van der Waals surface area contributed by atoms with E-state index in [4.69, 9.17) is 9.47 Å². The second-order valence-electron chi connectivity index (χ2n) is 7.10. The van der Waals surface area contributed by atoms with Gasteiger partial charge in [-0.1, -0.05) is 6.07 Å². The molecule has 0 aliphatic carbocycles. The summed E-state index contributed by atoms with van der Waals surface area (Å²) < 4.78 is 47.0. The van der Waals surface area contributed by atoms with Gasteiger partial charge in [-0.3, -0.25) is 4.90 Å². The van der Waals surface area contributed by atoms with Crippen molar-refractivity contribution in [3.8, 4) is 11.5 Å². The molecule has 8 heteroatoms. The van der Waals surface area contributed by atoms with Crippen molar-refractivity contribution in [3.05, 3.63) is 23.8 Å². The Labute approximate surface area is 158 Å². The number of ether oxygens (including phenoxy) is 2. The highest BCUT2D eigenvalue weighted by Crippen LogP contribution is 2.39. The molecule has 26 heavy (non-hydrogen) atoms. The van der Waals surface area contributed by atoms with Gasteiger partial charge in [-0.2, -0.15) is 13.2 Å². The first-order valence-corrected chi connectivity index (χ1v) is 8.69. The third-order valence-electron chi connectivity index (χ3n) is 5.21. The number of nitrogens with zero attached hydrogens (tertiary/aromatic N) is 1. The molecule has 0 unspecified atom stereocenters. The van der Waals surface area contributed by atoms with E-state index in [1.165, 1.54) is 26.4 Å². The molecule has 0 amide bonds. The van der Waals surface area contributed by atoms with Gasteiger partial charge in [-0.25, -0.2) is 0 Å². The van der Waals surface area contributed by atoms with E-state index < -0.39 is 12.8 Å². The van der Waals surface area contributed by atoms with Crippen LogP contribution in [-0.2, 0) is 6.54 Å². The fourth-order valence-corrected chi connectivity index (χ4v) is 3.88. The van der Waals surface area contributed by atoms with Crippen molar-refractivity contribution < 1.29 is 22.6 Å². The van der Waals surface area contributed by atoms with Crippen LogP contribution in [-0.4, -0.2) is 51.0 Å². The molecule has 0 saturated carbocycles. The fraction of sp³-hybridized carbons (Fsp3) is 0.667. The number of hydrogen-bond acceptors (Lipinski definition) is 4. The summed E-state index contributed by atoms with van der Waals surface area (Å²) >= 11 is 0. The average molecular weight is 395 g/mol. The molecule has 2 fully saturated rings. The van der Waals surface area contributed by atoms with Crippen molar-refractivity contribution in [2.24, 2.45) is 5.41 Å². The summed E-state index contributed by atoms with van der Waals surface area (Å²) in [6.45, 7) is 3.80. The standard InChI is InChI=1S/C18H25F3N2O2.ClH/c1-24-16-10-14(2-3-15(16)25-13-18(19,20)21)11-23-9-6-17(12-23)4-7-22-8-5-17;/h2-3,10,22H,4-9,11-13H2,1H3;1H. The fourth-order valence-electron chi connectivity index (χ4n) is 3.88. The molecule has 4 nitrogen and oxygen atoms in total. The highest BCUT2D eigenvalue weighted by molar-refractivity contribution is 5.85. The average Bonchev–Trinajstić information content (AvgIpc) is 2.95. The van der Waals surface area contributed by atoms with Gasteiger partial charge < -0.3 is 14.8 Å². The first-order valence-electron chi connectivity index (χ1n) is 8.69. The molecule has 148 valence electrons. The van der Waals surface area contributed by atoms with Crippen LogP contribution in [0.15, 0.2) is 18.2 Å². The number of nitrogens with one attached hydrogen (secondary N) is 1. The third kappa shape index (κ3) is 5.41. The van der Waals surface area contributed by atoms with Crippen LogP contribution in [0.3, 0.4) is 0 Å². The predicted molar refractivity (Wildman–Crippen MR) is 96.2 cm³/mol. The van der Waals surface area contributed by atoms with E-state index in [0.717, 1.165) is 38.3 Å². The molecular formula is C18H26ClF3N2O2. The van der Waals surface area contributed by atoms with Crippen molar-refractivity contribution in [2.75, 3.05) is 39.9 Å². The van der Waals surface area contributed by atoms with Crippen molar-refractivity contribution in [2.45, 2.75) is 32.0 Å². The van der Waals surface area contributed by atoms with Crippen LogP contribution in [0.5, 0.6) is 11.5 Å². The summed E-state index contributed by atoms with van der Waals surface area (Å²) in [6.07, 6.45) is -0.699. The van der Waals surface area contributed by atoms with Crippen LogP contribution in [0.1, 0.15) is 24.8 Å². The second-order valence-corrected chi connectivity index (χ2v) is 7.10. The zero-order valence-electron chi connectivity index (χ0n) is 14.9. The first-order chi connectivity index (χ1) is 11.9. The van der Waals surface area contributed by atoms with Gasteiger partial charge in [0.1, 0.15) is 0 Å². The molecule has 3 rings (SSSR count). The number of alkyl halides is 3. The molecule has 2 heterocycles. The van der Waals surface area contributed by atoms with Crippen molar-refractivity contribution in [1.82, 2.24) is 10.2 Å². The van der Waals surface area contributed by atoms with Crippen LogP contribution < -0.4 is 14.8 Å². The quantitative estimate of drug-likeness (QED) is 0.826. The van der Waals surface area contributed by atoms with Gasteiger partial charge >= 0.3 is 6.18 Å². The van der Waals surface area contributed by atoms with E-state index in [1.54, 1.807) is 12.1 Å². The zero-order valence-corrected chi connectivity index (χ0v) is 15.7. The Morgan fingerprint density at radius 2 is 1.88 bits per heavy atom. The van der Waals surface area contributed by atoms with Crippen LogP contribution >= 0.6 is 12.4 Å². The van der Waals surface area contributed by atoms with E-state index in [-0.39, 0.29) is 18.2 Å². The maximum atomic E-state index is 12.3. The molecule has 0 aromatic heterocycles. The van der Waals surface area contributed by atoms with Gasteiger partial charge in [0.15, 0.2) is 18.1 Å². The lowest BCUT2D eigenvalue weighted by Gasteiger charge is -2.34. The van der Waals surface area contributed by atoms with Gasteiger partial charge in [0.25, 0.3) is 0 Å². The van der Waals surface area contributed by atoms with Crippen molar-refractivity contribution >= 4 is 12.4 Å². The second kappa shape index (κ2) is 8.67. The summed E-state index contributed by atoms with van der Waals surface area (Å²) in [7, 11) is 1.44.